The number of fused-ring (bicyclic) bond motifs is 1. The number of methoxy groups -OCH3 is 1. The van der Waals surface area contributed by atoms with Gasteiger partial charge in [-0.3, -0.25) is 9.59 Å². The minimum Gasteiger partial charge on any atom is -0.497 e. The first-order valence-electron chi connectivity index (χ1n) is 12.0. The second kappa shape index (κ2) is 10.5. The normalized spacial score (nSPS) is 13.5. The number of carbonyl (C=O) groups is 2. The van der Waals surface area contributed by atoms with Crippen molar-refractivity contribution in [3.63, 3.8) is 0 Å². The largest absolute Gasteiger partial charge is 0.497 e. The molecule has 0 bridgehead atoms. The standard InChI is InChI=1S/C29H28N4O3/c1-36-25-12-8-21(9-13-25)20-31-28(34)26-7-4-14-30-27(26)32-15-17-33(18-16-32)29(35)24-11-10-22-5-2-3-6-23(22)19-24/h2-14,19H,15-18,20H2,1H3,(H,31,34). The summed E-state index contributed by atoms with van der Waals surface area (Å²) >= 11 is 0. The average molecular weight is 481 g/mol. The molecule has 1 saturated heterocycles. The Kier molecular flexibility index (Phi) is 6.80. The van der Waals surface area contributed by atoms with E-state index in [4.69, 9.17) is 4.74 Å². The first kappa shape index (κ1) is 23.4. The number of nitrogens with one attached hydrogen (secondary N) is 1. The molecule has 4 aromatic rings. The Bertz CT molecular complexity index is 1380. The number of carbonyl (C=O) groups excluding carboxylic acids is 2. The lowest BCUT2D eigenvalue weighted by Crippen LogP contribution is -2.49. The van der Waals surface area contributed by atoms with Crippen LogP contribution in [0.15, 0.2) is 85.1 Å². The second-order valence-corrected chi connectivity index (χ2v) is 8.75. The van der Waals surface area contributed by atoms with E-state index in [2.05, 4.69) is 15.2 Å². The van der Waals surface area contributed by atoms with Crippen LogP contribution in [-0.2, 0) is 6.54 Å². The Balaban J connectivity index is 1.23. The number of rotatable bonds is 6. The van der Waals surface area contributed by atoms with Gasteiger partial charge in [-0.05, 0) is 52.7 Å². The third kappa shape index (κ3) is 5.00. The summed E-state index contributed by atoms with van der Waals surface area (Å²) in [5.41, 5.74) is 2.20. The summed E-state index contributed by atoms with van der Waals surface area (Å²) in [7, 11) is 1.62. The minimum absolute atomic E-state index is 0.0267. The van der Waals surface area contributed by atoms with Gasteiger partial charge in [0.1, 0.15) is 11.6 Å². The summed E-state index contributed by atoms with van der Waals surface area (Å²) in [4.78, 5) is 34.6. The first-order valence-corrected chi connectivity index (χ1v) is 12.0. The molecule has 1 fully saturated rings. The van der Waals surface area contributed by atoms with E-state index < -0.39 is 0 Å². The van der Waals surface area contributed by atoms with Crippen LogP contribution < -0.4 is 15.0 Å². The van der Waals surface area contributed by atoms with Crippen LogP contribution in [0.1, 0.15) is 26.3 Å². The predicted octanol–water partition coefficient (Wildman–Crippen LogP) is 4.14. The zero-order valence-electron chi connectivity index (χ0n) is 20.2. The van der Waals surface area contributed by atoms with Crippen LogP contribution in [0.4, 0.5) is 5.82 Å². The molecular formula is C29H28N4O3. The van der Waals surface area contributed by atoms with Crippen molar-refractivity contribution in [2.45, 2.75) is 6.54 Å². The summed E-state index contributed by atoms with van der Waals surface area (Å²) in [6.07, 6.45) is 1.70. The highest BCUT2D eigenvalue weighted by Gasteiger charge is 2.25. The molecule has 36 heavy (non-hydrogen) atoms. The van der Waals surface area contributed by atoms with Gasteiger partial charge in [0.25, 0.3) is 11.8 Å². The van der Waals surface area contributed by atoms with Crippen LogP contribution in [0, 0.1) is 0 Å². The third-order valence-corrected chi connectivity index (χ3v) is 6.51. The van der Waals surface area contributed by atoms with Gasteiger partial charge in [0, 0.05) is 44.5 Å². The SMILES string of the molecule is COc1ccc(CNC(=O)c2cccnc2N2CCN(C(=O)c3ccc4ccccc4c3)CC2)cc1. The van der Waals surface area contributed by atoms with Gasteiger partial charge >= 0.3 is 0 Å². The lowest BCUT2D eigenvalue weighted by Gasteiger charge is -2.36. The lowest BCUT2D eigenvalue weighted by molar-refractivity contribution is 0.0745. The van der Waals surface area contributed by atoms with Gasteiger partial charge in [-0.15, -0.1) is 0 Å². The molecule has 0 unspecified atom stereocenters. The number of pyridine rings is 1. The van der Waals surface area contributed by atoms with E-state index in [-0.39, 0.29) is 11.8 Å². The van der Waals surface area contributed by atoms with Crippen molar-refractivity contribution in [3.8, 4) is 5.75 Å². The lowest BCUT2D eigenvalue weighted by atomic mass is 10.1. The van der Waals surface area contributed by atoms with Gasteiger partial charge in [-0.25, -0.2) is 4.98 Å². The maximum atomic E-state index is 13.1. The smallest absolute Gasteiger partial charge is 0.255 e. The zero-order valence-corrected chi connectivity index (χ0v) is 20.2. The Morgan fingerprint density at radius 1 is 0.889 bits per heavy atom. The first-order chi connectivity index (χ1) is 17.6. The molecule has 1 N–H and O–H groups in total. The van der Waals surface area contributed by atoms with Gasteiger partial charge in [0.2, 0.25) is 0 Å². The van der Waals surface area contributed by atoms with Crippen molar-refractivity contribution >= 4 is 28.4 Å². The van der Waals surface area contributed by atoms with Crippen molar-refractivity contribution in [1.29, 1.82) is 0 Å². The molecule has 1 aliphatic heterocycles. The monoisotopic (exact) mass is 480 g/mol. The molecule has 7 heteroatoms. The zero-order chi connectivity index (χ0) is 24.9. The fourth-order valence-electron chi connectivity index (χ4n) is 4.47. The summed E-state index contributed by atoms with van der Waals surface area (Å²) in [5.74, 6) is 1.27. The number of amides is 2. The molecular weight excluding hydrogens is 452 g/mol. The van der Waals surface area contributed by atoms with E-state index in [1.54, 1.807) is 25.4 Å². The molecule has 0 spiro atoms. The molecule has 2 amide bonds. The van der Waals surface area contributed by atoms with Gasteiger partial charge in [0.15, 0.2) is 0 Å². The number of piperazine rings is 1. The van der Waals surface area contributed by atoms with Crippen LogP contribution in [0.2, 0.25) is 0 Å². The van der Waals surface area contributed by atoms with Crippen LogP contribution in [0.25, 0.3) is 10.8 Å². The molecule has 0 atom stereocenters. The maximum Gasteiger partial charge on any atom is 0.255 e. The fourth-order valence-corrected chi connectivity index (χ4v) is 4.47. The van der Waals surface area contributed by atoms with Crippen molar-refractivity contribution in [3.05, 3.63) is 102 Å². The molecule has 182 valence electrons. The van der Waals surface area contributed by atoms with E-state index in [1.807, 2.05) is 71.6 Å². The van der Waals surface area contributed by atoms with Crippen molar-refractivity contribution in [2.75, 3.05) is 38.2 Å². The number of nitrogens with zero attached hydrogens (tertiary/aromatic N) is 3. The topological polar surface area (TPSA) is 74.8 Å². The number of aromatic nitrogens is 1. The van der Waals surface area contributed by atoms with Crippen LogP contribution >= 0.6 is 0 Å². The molecule has 7 nitrogen and oxygen atoms in total. The quantitative estimate of drug-likeness (QED) is 0.449. The average Bonchev–Trinajstić information content (AvgIpc) is 2.95. The minimum atomic E-state index is -0.177. The Hall–Kier alpha value is -4.39. The van der Waals surface area contributed by atoms with Crippen molar-refractivity contribution in [1.82, 2.24) is 15.2 Å². The number of ether oxygens (including phenoxy) is 1. The molecule has 0 saturated carbocycles. The molecule has 3 aromatic carbocycles. The fraction of sp³-hybridized carbons (Fsp3) is 0.207. The van der Waals surface area contributed by atoms with Crippen LogP contribution in [0.3, 0.4) is 0 Å². The molecule has 2 heterocycles. The Morgan fingerprint density at radius 3 is 2.39 bits per heavy atom. The van der Waals surface area contributed by atoms with Gasteiger partial charge in [0.05, 0.1) is 12.7 Å². The molecule has 1 aliphatic rings. The predicted molar refractivity (Wildman–Crippen MR) is 140 cm³/mol. The van der Waals surface area contributed by atoms with E-state index in [9.17, 15) is 9.59 Å². The maximum absolute atomic E-state index is 13.1. The number of hydrogen-bond donors (Lipinski definition) is 1. The third-order valence-electron chi connectivity index (χ3n) is 6.51. The van der Waals surface area contributed by atoms with Crippen LogP contribution in [0.5, 0.6) is 5.75 Å². The van der Waals surface area contributed by atoms with Gasteiger partial charge in [-0.1, -0.05) is 42.5 Å². The summed E-state index contributed by atoms with van der Waals surface area (Å²) in [6.45, 7) is 2.75. The number of anilines is 1. The van der Waals surface area contributed by atoms with E-state index >= 15 is 0 Å². The highest BCUT2D eigenvalue weighted by Crippen LogP contribution is 2.22. The summed E-state index contributed by atoms with van der Waals surface area (Å²) in [5, 5.41) is 5.16. The molecule has 5 rings (SSSR count). The van der Waals surface area contributed by atoms with E-state index in [0.29, 0.717) is 49.7 Å². The second-order valence-electron chi connectivity index (χ2n) is 8.75. The highest BCUT2D eigenvalue weighted by molar-refractivity contribution is 6.00. The van der Waals surface area contributed by atoms with Gasteiger partial charge < -0.3 is 19.9 Å². The van der Waals surface area contributed by atoms with Crippen molar-refractivity contribution < 1.29 is 14.3 Å². The summed E-state index contributed by atoms with van der Waals surface area (Å²) < 4.78 is 5.19. The van der Waals surface area contributed by atoms with Crippen LogP contribution in [-0.4, -0.2) is 55.0 Å². The molecule has 0 radical (unpaired) electrons. The Morgan fingerprint density at radius 2 is 1.64 bits per heavy atom. The van der Waals surface area contributed by atoms with E-state index in [0.717, 1.165) is 22.1 Å². The summed E-state index contributed by atoms with van der Waals surface area (Å²) in [6, 6.07) is 25.0. The number of hydrogen-bond acceptors (Lipinski definition) is 5. The van der Waals surface area contributed by atoms with E-state index in [1.165, 1.54) is 0 Å². The van der Waals surface area contributed by atoms with Gasteiger partial charge in [-0.2, -0.15) is 0 Å². The molecule has 1 aromatic heterocycles. The Labute approximate surface area is 210 Å². The van der Waals surface area contributed by atoms with Crippen molar-refractivity contribution in [2.24, 2.45) is 0 Å². The molecule has 0 aliphatic carbocycles. The number of benzene rings is 3. The highest BCUT2D eigenvalue weighted by atomic mass is 16.5.